The van der Waals surface area contributed by atoms with E-state index in [2.05, 4.69) is 36.2 Å². The molecule has 2 aromatic rings. The number of hydrogen-bond donors (Lipinski definition) is 1. The Kier molecular flexibility index (Phi) is 6.38. The number of thioether (sulfide) groups is 2. The van der Waals surface area contributed by atoms with E-state index in [4.69, 9.17) is 15.2 Å². The molecule has 2 N–H and O–H groups in total. The van der Waals surface area contributed by atoms with Crippen LogP contribution in [0.3, 0.4) is 0 Å². The Morgan fingerprint density at radius 1 is 1.19 bits per heavy atom. The molecule has 0 saturated carbocycles. The van der Waals surface area contributed by atoms with E-state index >= 15 is 0 Å². The highest BCUT2D eigenvalue weighted by molar-refractivity contribution is 8.13. The van der Waals surface area contributed by atoms with Crippen LogP contribution in [0.15, 0.2) is 58.4 Å². The fourth-order valence-corrected chi connectivity index (χ4v) is 4.51. The molecule has 1 atom stereocenters. The predicted octanol–water partition coefficient (Wildman–Crippen LogP) is 4.53. The van der Waals surface area contributed by atoms with Crippen molar-refractivity contribution in [2.45, 2.75) is 23.8 Å². The van der Waals surface area contributed by atoms with E-state index in [1.54, 1.807) is 30.6 Å². The van der Waals surface area contributed by atoms with Crippen LogP contribution in [0, 0.1) is 0 Å². The summed E-state index contributed by atoms with van der Waals surface area (Å²) in [6, 6.07) is 16.3. The third kappa shape index (κ3) is 4.89. The maximum Gasteiger partial charge on any atom is 0.154 e. The standard InChI is InChI=1S/C20H24N2O2S2/c1-20(10-12-26-19(21)22-20)15-4-3-5-17(14-15)24-11-13-25-18-8-6-16(23-2)7-9-18/h3-9,14H,10-13H2,1-2H3,(H2,21,22). The van der Waals surface area contributed by atoms with Gasteiger partial charge in [-0.3, -0.25) is 4.99 Å². The molecule has 1 aliphatic rings. The lowest BCUT2D eigenvalue weighted by Gasteiger charge is -2.30. The number of benzene rings is 2. The van der Waals surface area contributed by atoms with Crippen LogP contribution >= 0.6 is 23.5 Å². The van der Waals surface area contributed by atoms with E-state index in [-0.39, 0.29) is 5.54 Å². The molecule has 1 heterocycles. The number of rotatable bonds is 7. The van der Waals surface area contributed by atoms with Crippen molar-refractivity contribution in [3.63, 3.8) is 0 Å². The summed E-state index contributed by atoms with van der Waals surface area (Å²) in [4.78, 5) is 5.87. The fourth-order valence-electron chi connectivity index (χ4n) is 2.81. The van der Waals surface area contributed by atoms with Crippen LogP contribution in [-0.2, 0) is 5.54 Å². The highest BCUT2D eigenvalue weighted by Gasteiger charge is 2.29. The number of methoxy groups -OCH3 is 1. The van der Waals surface area contributed by atoms with E-state index < -0.39 is 0 Å². The Bertz CT molecular complexity index is 765. The molecule has 0 bridgehead atoms. The molecular weight excluding hydrogens is 364 g/mol. The molecule has 2 aromatic carbocycles. The second kappa shape index (κ2) is 8.73. The number of aliphatic imine (C=N–C) groups is 1. The van der Waals surface area contributed by atoms with Crippen molar-refractivity contribution in [1.29, 1.82) is 0 Å². The van der Waals surface area contributed by atoms with Crippen molar-refractivity contribution in [3.8, 4) is 11.5 Å². The predicted molar refractivity (Wildman–Crippen MR) is 112 cm³/mol. The van der Waals surface area contributed by atoms with Gasteiger partial charge in [0.2, 0.25) is 0 Å². The zero-order valence-electron chi connectivity index (χ0n) is 15.1. The van der Waals surface area contributed by atoms with Gasteiger partial charge in [0.25, 0.3) is 0 Å². The van der Waals surface area contributed by atoms with E-state index in [9.17, 15) is 0 Å². The van der Waals surface area contributed by atoms with Crippen LogP contribution in [0.5, 0.6) is 11.5 Å². The lowest BCUT2D eigenvalue weighted by Crippen LogP contribution is -2.28. The summed E-state index contributed by atoms with van der Waals surface area (Å²) in [6.07, 6.45) is 0.981. The van der Waals surface area contributed by atoms with Crippen LogP contribution in [0.2, 0.25) is 0 Å². The molecule has 26 heavy (non-hydrogen) atoms. The minimum absolute atomic E-state index is 0.257. The maximum absolute atomic E-state index is 5.95. The molecule has 4 nitrogen and oxygen atoms in total. The number of amidine groups is 1. The van der Waals surface area contributed by atoms with Gasteiger partial charge in [-0.2, -0.15) is 0 Å². The molecule has 0 fully saturated rings. The van der Waals surface area contributed by atoms with Gasteiger partial charge in [0, 0.05) is 16.4 Å². The first-order chi connectivity index (χ1) is 12.6. The van der Waals surface area contributed by atoms with Crippen LogP contribution in [0.25, 0.3) is 0 Å². The molecule has 0 spiro atoms. The van der Waals surface area contributed by atoms with Crippen LogP contribution in [-0.4, -0.2) is 30.4 Å². The molecule has 0 aromatic heterocycles. The summed E-state index contributed by atoms with van der Waals surface area (Å²) in [5.74, 6) is 3.64. The second-order valence-electron chi connectivity index (χ2n) is 6.22. The zero-order valence-corrected chi connectivity index (χ0v) is 16.7. The van der Waals surface area contributed by atoms with Crippen LogP contribution in [0.1, 0.15) is 18.9 Å². The second-order valence-corrected chi connectivity index (χ2v) is 8.51. The van der Waals surface area contributed by atoms with Crippen molar-refractivity contribution >= 4 is 28.7 Å². The van der Waals surface area contributed by atoms with Gasteiger partial charge < -0.3 is 15.2 Å². The van der Waals surface area contributed by atoms with Gasteiger partial charge >= 0.3 is 0 Å². The van der Waals surface area contributed by atoms with Crippen molar-refractivity contribution in [2.24, 2.45) is 10.7 Å². The van der Waals surface area contributed by atoms with Crippen molar-refractivity contribution in [2.75, 3.05) is 25.2 Å². The van der Waals surface area contributed by atoms with Crippen molar-refractivity contribution < 1.29 is 9.47 Å². The lowest BCUT2D eigenvalue weighted by atomic mass is 9.90. The van der Waals surface area contributed by atoms with Gasteiger partial charge in [0.05, 0.1) is 19.3 Å². The Hall–Kier alpha value is -1.79. The Balaban J connectivity index is 1.54. The van der Waals surface area contributed by atoms with Gasteiger partial charge in [-0.1, -0.05) is 23.9 Å². The van der Waals surface area contributed by atoms with Crippen LogP contribution in [0.4, 0.5) is 0 Å². The topological polar surface area (TPSA) is 56.8 Å². The molecule has 0 amide bonds. The first kappa shape index (κ1) is 19.0. The Morgan fingerprint density at radius 3 is 2.73 bits per heavy atom. The smallest absolute Gasteiger partial charge is 0.154 e. The average Bonchev–Trinajstić information content (AvgIpc) is 2.66. The first-order valence-corrected chi connectivity index (χ1v) is 10.5. The normalized spacial score (nSPS) is 19.7. The molecule has 0 radical (unpaired) electrons. The SMILES string of the molecule is COc1ccc(SCCOc2cccc(C3(C)CCSC(N)=N3)c2)cc1. The van der Waals surface area contributed by atoms with Gasteiger partial charge in [-0.05, 0) is 55.3 Å². The van der Waals surface area contributed by atoms with Gasteiger partial charge in [0.15, 0.2) is 5.17 Å². The Labute approximate surface area is 163 Å². The summed E-state index contributed by atoms with van der Waals surface area (Å²) in [7, 11) is 1.68. The van der Waals surface area contributed by atoms with E-state index in [1.807, 2.05) is 24.3 Å². The maximum atomic E-state index is 5.95. The quantitative estimate of drug-likeness (QED) is 0.558. The number of hydrogen-bond acceptors (Lipinski definition) is 6. The summed E-state index contributed by atoms with van der Waals surface area (Å²) in [5.41, 5.74) is 6.82. The first-order valence-electron chi connectivity index (χ1n) is 8.57. The van der Waals surface area contributed by atoms with Crippen molar-refractivity contribution in [3.05, 3.63) is 54.1 Å². The average molecular weight is 389 g/mol. The third-order valence-electron chi connectivity index (χ3n) is 4.33. The minimum Gasteiger partial charge on any atom is -0.497 e. The summed E-state index contributed by atoms with van der Waals surface area (Å²) < 4.78 is 11.1. The number of nitrogens with zero attached hydrogens (tertiary/aromatic N) is 1. The highest BCUT2D eigenvalue weighted by atomic mass is 32.2. The monoisotopic (exact) mass is 388 g/mol. The molecule has 1 aliphatic heterocycles. The molecule has 138 valence electrons. The largest absolute Gasteiger partial charge is 0.497 e. The van der Waals surface area contributed by atoms with Crippen molar-refractivity contribution in [1.82, 2.24) is 0 Å². The van der Waals surface area contributed by atoms with Gasteiger partial charge in [0.1, 0.15) is 11.5 Å². The molecule has 0 saturated heterocycles. The van der Waals surface area contributed by atoms with Gasteiger partial charge in [-0.15, -0.1) is 11.8 Å². The van der Waals surface area contributed by atoms with Crippen LogP contribution < -0.4 is 15.2 Å². The molecular formula is C20H24N2O2S2. The molecule has 1 unspecified atom stereocenters. The zero-order chi connectivity index (χ0) is 18.4. The highest BCUT2D eigenvalue weighted by Crippen LogP contribution is 2.36. The molecule has 6 heteroatoms. The number of ether oxygens (including phenoxy) is 2. The third-order valence-corrected chi connectivity index (χ3v) is 6.10. The summed E-state index contributed by atoms with van der Waals surface area (Å²) in [5, 5.41) is 0.668. The summed E-state index contributed by atoms with van der Waals surface area (Å²) >= 11 is 3.39. The van der Waals surface area contributed by atoms with E-state index in [1.165, 1.54) is 4.90 Å². The lowest BCUT2D eigenvalue weighted by molar-refractivity contribution is 0.342. The minimum atomic E-state index is -0.257. The van der Waals surface area contributed by atoms with E-state index in [0.29, 0.717) is 11.8 Å². The molecule has 3 rings (SSSR count). The van der Waals surface area contributed by atoms with Gasteiger partial charge in [-0.25, -0.2) is 0 Å². The summed E-state index contributed by atoms with van der Waals surface area (Å²) in [6.45, 7) is 2.79. The van der Waals surface area contributed by atoms with E-state index in [0.717, 1.165) is 35.0 Å². The Morgan fingerprint density at radius 2 is 2.00 bits per heavy atom. The molecule has 0 aliphatic carbocycles. The fraction of sp³-hybridized carbons (Fsp3) is 0.350. The number of nitrogens with two attached hydrogens (primary N) is 1.